The van der Waals surface area contributed by atoms with Gasteiger partial charge < -0.3 is 9.15 Å². The highest BCUT2D eigenvalue weighted by Gasteiger charge is 2.40. The van der Waals surface area contributed by atoms with Crippen molar-refractivity contribution >= 4 is 10.2 Å². The first-order valence-electron chi connectivity index (χ1n) is 7.00. The summed E-state index contributed by atoms with van der Waals surface area (Å²) in [6.07, 6.45) is 1.69. The second-order valence-corrected chi connectivity index (χ2v) is 7.12. The number of aryl methyl sites for hydroxylation is 1. The number of furan rings is 1. The average molecular weight is 300 g/mol. The molecule has 2 fully saturated rings. The minimum Gasteiger partial charge on any atom is -0.465 e. The highest BCUT2D eigenvalue weighted by molar-refractivity contribution is 7.86. The first kappa shape index (κ1) is 14.1. The largest absolute Gasteiger partial charge is 0.465 e. The van der Waals surface area contributed by atoms with Crippen LogP contribution in [0.15, 0.2) is 16.5 Å². The highest BCUT2D eigenvalue weighted by atomic mass is 32.2. The molecule has 1 atom stereocenters. The third-order valence-electron chi connectivity index (χ3n) is 3.89. The highest BCUT2D eigenvalue weighted by Crippen LogP contribution is 2.36. The van der Waals surface area contributed by atoms with E-state index in [1.165, 1.54) is 4.31 Å². The standard InChI is InChI=1S/C13H20N2O4S/c1-11-4-5-13(19-11)12-3-2-6-15(12)20(16,17)14-7-9-18-10-8-14/h4-5,12H,2-3,6-10H2,1H3/t12-/m1/s1. The molecule has 20 heavy (non-hydrogen) atoms. The van der Waals surface area contributed by atoms with Crippen molar-refractivity contribution < 1.29 is 17.6 Å². The van der Waals surface area contributed by atoms with Gasteiger partial charge in [-0.1, -0.05) is 0 Å². The molecule has 2 aliphatic heterocycles. The van der Waals surface area contributed by atoms with Crippen LogP contribution in [0.5, 0.6) is 0 Å². The van der Waals surface area contributed by atoms with Crippen LogP contribution < -0.4 is 0 Å². The van der Waals surface area contributed by atoms with E-state index >= 15 is 0 Å². The van der Waals surface area contributed by atoms with Gasteiger partial charge in [0.05, 0.1) is 19.3 Å². The van der Waals surface area contributed by atoms with Gasteiger partial charge in [-0.2, -0.15) is 17.0 Å². The molecule has 0 amide bonds. The Hall–Kier alpha value is -0.890. The van der Waals surface area contributed by atoms with Crippen molar-refractivity contribution in [2.45, 2.75) is 25.8 Å². The topological polar surface area (TPSA) is 63.0 Å². The number of rotatable bonds is 3. The fourth-order valence-corrected chi connectivity index (χ4v) is 4.66. The van der Waals surface area contributed by atoms with Gasteiger partial charge in [-0.3, -0.25) is 0 Å². The predicted molar refractivity (Wildman–Crippen MR) is 73.4 cm³/mol. The van der Waals surface area contributed by atoms with Crippen LogP contribution in [0, 0.1) is 6.92 Å². The van der Waals surface area contributed by atoms with E-state index in [1.54, 1.807) is 4.31 Å². The fourth-order valence-electron chi connectivity index (χ4n) is 2.86. The molecular formula is C13H20N2O4S. The van der Waals surface area contributed by atoms with Crippen molar-refractivity contribution in [1.29, 1.82) is 0 Å². The maximum absolute atomic E-state index is 12.7. The molecule has 0 unspecified atom stereocenters. The van der Waals surface area contributed by atoms with Gasteiger partial charge in [0, 0.05) is 19.6 Å². The molecule has 3 heterocycles. The van der Waals surface area contributed by atoms with Crippen LogP contribution in [-0.4, -0.2) is 49.9 Å². The average Bonchev–Trinajstić information content (AvgIpc) is 3.08. The number of morpholine rings is 1. The Morgan fingerprint density at radius 3 is 2.60 bits per heavy atom. The molecular weight excluding hydrogens is 280 g/mol. The Morgan fingerprint density at radius 1 is 1.20 bits per heavy atom. The number of ether oxygens (including phenoxy) is 1. The van der Waals surface area contributed by atoms with Crippen molar-refractivity contribution in [3.8, 4) is 0 Å². The van der Waals surface area contributed by atoms with E-state index in [0.29, 0.717) is 32.8 Å². The third-order valence-corrected chi connectivity index (χ3v) is 5.93. The minimum atomic E-state index is -3.42. The lowest BCUT2D eigenvalue weighted by molar-refractivity contribution is 0.0697. The molecule has 112 valence electrons. The Labute approximate surface area is 119 Å². The summed E-state index contributed by atoms with van der Waals surface area (Å²) < 4.78 is 39.4. The van der Waals surface area contributed by atoms with Gasteiger partial charge in [-0.15, -0.1) is 0 Å². The van der Waals surface area contributed by atoms with Gasteiger partial charge >= 0.3 is 0 Å². The monoisotopic (exact) mass is 300 g/mol. The molecule has 0 spiro atoms. The van der Waals surface area contributed by atoms with Gasteiger partial charge in [0.1, 0.15) is 11.5 Å². The summed E-state index contributed by atoms with van der Waals surface area (Å²) >= 11 is 0. The number of hydrogen-bond donors (Lipinski definition) is 0. The summed E-state index contributed by atoms with van der Waals surface area (Å²) in [4.78, 5) is 0. The number of nitrogens with zero attached hydrogens (tertiary/aromatic N) is 2. The van der Waals surface area contributed by atoms with Crippen LogP contribution in [0.25, 0.3) is 0 Å². The minimum absolute atomic E-state index is 0.170. The Morgan fingerprint density at radius 2 is 1.95 bits per heavy atom. The van der Waals surface area contributed by atoms with Crippen molar-refractivity contribution in [1.82, 2.24) is 8.61 Å². The molecule has 3 rings (SSSR count). The van der Waals surface area contributed by atoms with Gasteiger partial charge in [-0.05, 0) is 31.9 Å². The molecule has 0 aliphatic carbocycles. The molecule has 0 N–H and O–H groups in total. The summed E-state index contributed by atoms with van der Waals surface area (Å²) in [5.74, 6) is 1.56. The van der Waals surface area contributed by atoms with E-state index < -0.39 is 10.2 Å². The SMILES string of the molecule is Cc1ccc([C@H]2CCCN2S(=O)(=O)N2CCOCC2)o1. The summed E-state index contributed by atoms with van der Waals surface area (Å²) in [6, 6.07) is 3.59. The van der Waals surface area contributed by atoms with Crippen LogP contribution in [0.2, 0.25) is 0 Å². The van der Waals surface area contributed by atoms with Crippen LogP contribution >= 0.6 is 0 Å². The van der Waals surface area contributed by atoms with Crippen molar-refractivity contribution in [2.75, 3.05) is 32.8 Å². The van der Waals surface area contributed by atoms with E-state index in [2.05, 4.69) is 0 Å². The molecule has 0 saturated carbocycles. The van der Waals surface area contributed by atoms with Crippen LogP contribution in [0.3, 0.4) is 0 Å². The second kappa shape index (κ2) is 5.48. The van der Waals surface area contributed by atoms with E-state index in [-0.39, 0.29) is 6.04 Å². The smallest absolute Gasteiger partial charge is 0.282 e. The lowest BCUT2D eigenvalue weighted by Gasteiger charge is -2.32. The Bertz CT molecular complexity index is 563. The Balaban J connectivity index is 1.84. The quantitative estimate of drug-likeness (QED) is 0.844. The van der Waals surface area contributed by atoms with E-state index in [9.17, 15) is 8.42 Å². The van der Waals surface area contributed by atoms with Crippen molar-refractivity contribution in [3.63, 3.8) is 0 Å². The van der Waals surface area contributed by atoms with Gasteiger partial charge in [0.25, 0.3) is 10.2 Å². The molecule has 0 radical (unpaired) electrons. The third kappa shape index (κ3) is 2.50. The predicted octanol–water partition coefficient (Wildman–Crippen LogP) is 1.30. The molecule has 0 aromatic carbocycles. The molecule has 0 bridgehead atoms. The summed E-state index contributed by atoms with van der Waals surface area (Å²) in [6.45, 7) is 4.24. The first-order chi connectivity index (χ1) is 9.59. The van der Waals surface area contributed by atoms with Gasteiger partial charge in [0.2, 0.25) is 0 Å². The van der Waals surface area contributed by atoms with Gasteiger partial charge in [0.15, 0.2) is 0 Å². The zero-order chi connectivity index (χ0) is 14.2. The molecule has 7 heteroatoms. The van der Waals surface area contributed by atoms with Gasteiger partial charge in [-0.25, -0.2) is 0 Å². The van der Waals surface area contributed by atoms with E-state index in [1.807, 2.05) is 19.1 Å². The zero-order valence-electron chi connectivity index (χ0n) is 11.6. The second-order valence-electron chi connectivity index (χ2n) is 5.24. The molecule has 1 aromatic rings. The van der Waals surface area contributed by atoms with E-state index in [4.69, 9.17) is 9.15 Å². The molecule has 2 saturated heterocycles. The molecule has 1 aromatic heterocycles. The lowest BCUT2D eigenvalue weighted by Crippen LogP contribution is -2.48. The van der Waals surface area contributed by atoms with Crippen LogP contribution in [0.4, 0.5) is 0 Å². The zero-order valence-corrected chi connectivity index (χ0v) is 12.4. The Kier molecular flexibility index (Phi) is 3.85. The summed E-state index contributed by atoms with van der Waals surface area (Å²) in [5.41, 5.74) is 0. The first-order valence-corrected chi connectivity index (χ1v) is 8.40. The van der Waals surface area contributed by atoms with Crippen LogP contribution in [0.1, 0.15) is 30.4 Å². The summed E-state index contributed by atoms with van der Waals surface area (Å²) in [7, 11) is -3.42. The maximum Gasteiger partial charge on any atom is 0.282 e. The van der Waals surface area contributed by atoms with Crippen molar-refractivity contribution in [3.05, 3.63) is 23.7 Å². The number of hydrogen-bond acceptors (Lipinski definition) is 4. The normalized spacial score (nSPS) is 26.1. The molecule has 6 nitrogen and oxygen atoms in total. The maximum atomic E-state index is 12.7. The fraction of sp³-hybridized carbons (Fsp3) is 0.692. The molecule has 2 aliphatic rings. The summed E-state index contributed by atoms with van der Waals surface area (Å²) in [5, 5.41) is 0. The van der Waals surface area contributed by atoms with Crippen molar-refractivity contribution in [2.24, 2.45) is 0 Å². The van der Waals surface area contributed by atoms with Crippen LogP contribution in [-0.2, 0) is 14.9 Å². The lowest BCUT2D eigenvalue weighted by atomic mass is 10.2. The van der Waals surface area contributed by atoms with E-state index in [0.717, 1.165) is 24.4 Å².